The second kappa shape index (κ2) is 16.3. The van der Waals surface area contributed by atoms with Gasteiger partial charge >= 0.3 is 0 Å². The molecule has 0 rings (SSSR count). The fourth-order valence-electron chi connectivity index (χ4n) is 2.56. The van der Waals surface area contributed by atoms with Crippen molar-refractivity contribution in [3.63, 3.8) is 0 Å². The lowest BCUT2D eigenvalue weighted by molar-refractivity contribution is 0.177. The van der Waals surface area contributed by atoms with E-state index in [9.17, 15) is 0 Å². The van der Waals surface area contributed by atoms with Crippen LogP contribution in [0.2, 0.25) is 0 Å². The molecule has 0 spiro atoms. The maximum absolute atomic E-state index is 5.64. The normalized spacial score (nSPS) is 11.5. The summed E-state index contributed by atoms with van der Waals surface area (Å²) in [5.41, 5.74) is 0. The van der Waals surface area contributed by atoms with Crippen molar-refractivity contribution in [3.05, 3.63) is 0 Å². The van der Waals surface area contributed by atoms with Crippen molar-refractivity contribution in [2.24, 2.45) is 0 Å². The van der Waals surface area contributed by atoms with E-state index in [1.54, 1.807) is 0 Å². The summed E-state index contributed by atoms with van der Waals surface area (Å²) in [5.74, 6) is 0.732. The molecule has 0 heterocycles. The Morgan fingerprint density at radius 2 is 1.05 bits per heavy atom. The van der Waals surface area contributed by atoms with Gasteiger partial charge in [-0.2, -0.15) is 0 Å². The van der Waals surface area contributed by atoms with Gasteiger partial charge in [0.15, 0.2) is 0 Å². The van der Waals surface area contributed by atoms with Gasteiger partial charge in [0.2, 0.25) is 0 Å². The van der Waals surface area contributed by atoms with Gasteiger partial charge in [-0.25, -0.2) is 0 Å². The Hall–Kier alpha value is 0.460. The van der Waals surface area contributed by atoms with Crippen LogP contribution in [0.15, 0.2) is 0 Å². The summed E-state index contributed by atoms with van der Waals surface area (Å²) in [6.45, 7) is 21.0. The molecule has 0 saturated carbocycles. The van der Waals surface area contributed by atoms with Gasteiger partial charge in [-0.05, 0) is 62.4 Å². The highest BCUT2D eigenvalue weighted by Crippen LogP contribution is 2.04. The summed E-state index contributed by atoms with van der Waals surface area (Å²) in [5, 5.41) is 3.17. The summed E-state index contributed by atoms with van der Waals surface area (Å²) in [7, 11) is 2.00. The van der Waals surface area contributed by atoms with Crippen LogP contribution in [0.25, 0.3) is 0 Å². The molecule has 138 valence electrons. The number of hydrogen-bond acceptors (Lipinski definition) is 3. The smallest absolute Gasteiger partial charge is 0.0351 e. The molecule has 0 bridgehead atoms. The zero-order valence-electron chi connectivity index (χ0n) is 16.3. The Kier molecular flexibility index (Phi) is 20.3. The van der Waals surface area contributed by atoms with E-state index in [1.165, 1.54) is 0 Å². The van der Waals surface area contributed by atoms with Crippen molar-refractivity contribution < 1.29 is 0 Å². The minimum Gasteiger partial charge on any atom is -0.318 e. The first kappa shape index (κ1) is 27.3. The molecular formula is C17H41Cl2N3. The Labute approximate surface area is 151 Å². The predicted octanol–water partition coefficient (Wildman–Crippen LogP) is 4.09. The predicted molar refractivity (Wildman–Crippen MR) is 106 cm³/mol. The number of likely N-dealkylation sites (N-methyl/N-ethyl adjacent to an activating group) is 1. The third-order valence-corrected chi connectivity index (χ3v) is 3.78. The number of hydrogen-bond donors (Lipinski definition) is 1. The zero-order chi connectivity index (χ0) is 17.0. The third-order valence-electron chi connectivity index (χ3n) is 3.62. The Morgan fingerprint density at radius 1 is 0.727 bits per heavy atom. The SMILES string of the molecule is CC(C)N(CCCl)C(C)C.CNCCN(C(C)C)C(C)C.Cl. The molecule has 0 radical (unpaired) electrons. The largest absolute Gasteiger partial charge is 0.318 e. The summed E-state index contributed by atoms with van der Waals surface area (Å²) < 4.78 is 0. The molecule has 0 fully saturated rings. The van der Waals surface area contributed by atoms with Crippen molar-refractivity contribution in [2.45, 2.75) is 79.6 Å². The van der Waals surface area contributed by atoms with Crippen molar-refractivity contribution in [3.8, 4) is 0 Å². The van der Waals surface area contributed by atoms with Crippen LogP contribution in [0.1, 0.15) is 55.4 Å². The number of rotatable bonds is 9. The second-order valence-electron chi connectivity index (χ2n) is 6.64. The molecule has 5 heteroatoms. The first-order valence-corrected chi connectivity index (χ1v) is 8.94. The van der Waals surface area contributed by atoms with Gasteiger partial charge in [-0.3, -0.25) is 9.80 Å². The van der Waals surface area contributed by atoms with Gasteiger partial charge in [-0.15, -0.1) is 24.0 Å². The van der Waals surface area contributed by atoms with Crippen LogP contribution in [0.4, 0.5) is 0 Å². The summed E-state index contributed by atoms with van der Waals surface area (Å²) >= 11 is 5.64. The van der Waals surface area contributed by atoms with Gasteiger partial charge in [0.05, 0.1) is 0 Å². The minimum atomic E-state index is 0. The lowest BCUT2D eigenvalue weighted by Crippen LogP contribution is -2.40. The van der Waals surface area contributed by atoms with Gasteiger partial charge in [0.1, 0.15) is 0 Å². The fraction of sp³-hybridized carbons (Fsp3) is 1.00. The first-order chi connectivity index (χ1) is 9.68. The molecule has 0 unspecified atom stereocenters. The monoisotopic (exact) mass is 357 g/mol. The van der Waals surface area contributed by atoms with Crippen LogP contribution in [-0.2, 0) is 0 Å². The van der Waals surface area contributed by atoms with E-state index in [4.69, 9.17) is 11.6 Å². The van der Waals surface area contributed by atoms with Crippen LogP contribution >= 0.6 is 24.0 Å². The standard InChI is InChI=1S/C9H22N2.C8H18ClN.ClH/c1-8(2)11(9(3)4)7-6-10-5;1-7(2)10(6-5-9)8(3)4;/h8-10H,6-7H2,1-5H3;7-8H,5-6H2,1-4H3;1H. The van der Waals surface area contributed by atoms with Crippen LogP contribution in [0, 0.1) is 0 Å². The van der Waals surface area contributed by atoms with E-state index in [1.807, 2.05) is 7.05 Å². The molecule has 0 aromatic carbocycles. The van der Waals surface area contributed by atoms with E-state index in [0.29, 0.717) is 24.2 Å². The quantitative estimate of drug-likeness (QED) is 0.626. The molecule has 0 aromatic rings. The van der Waals surface area contributed by atoms with Crippen molar-refractivity contribution in [1.82, 2.24) is 15.1 Å². The lowest BCUT2D eigenvalue weighted by Gasteiger charge is -2.30. The van der Waals surface area contributed by atoms with Crippen LogP contribution in [0.5, 0.6) is 0 Å². The number of halogens is 2. The van der Waals surface area contributed by atoms with Crippen molar-refractivity contribution in [2.75, 3.05) is 32.6 Å². The molecule has 22 heavy (non-hydrogen) atoms. The van der Waals surface area contributed by atoms with Crippen LogP contribution in [0.3, 0.4) is 0 Å². The molecule has 0 aliphatic rings. The third kappa shape index (κ3) is 14.1. The fourth-order valence-corrected chi connectivity index (χ4v) is 2.76. The zero-order valence-corrected chi connectivity index (χ0v) is 17.9. The molecule has 0 aliphatic heterocycles. The molecular weight excluding hydrogens is 317 g/mol. The first-order valence-electron chi connectivity index (χ1n) is 8.40. The summed E-state index contributed by atoms with van der Waals surface area (Å²) in [6.07, 6.45) is 0. The topological polar surface area (TPSA) is 18.5 Å². The molecule has 0 amide bonds. The Balaban J connectivity index is -0.000000315. The van der Waals surface area contributed by atoms with E-state index >= 15 is 0 Å². The molecule has 0 aromatic heterocycles. The number of alkyl halides is 1. The summed E-state index contributed by atoms with van der Waals surface area (Å²) in [4.78, 5) is 4.86. The average Bonchev–Trinajstić information content (AvgIpc) is 2.35. The van der Waals surface area contributed by atoms with Crippen LogP contribution < -0.4 is 5.32 Å². The van der Waals surface area contributed by atoms with Gasteiger partial charge in [-0.1, -0.05) is 0 Å². The van der Waals surface area contributed by atoms with Gasteiger partial charge in [0.25, 0.3) is 0 Å². The van der Waals surface area contributed by atoms with Gasteiger partial charge < -0.3 is 5.32 Å². The molecule has 3 nitrogen and oxygen atoms in total. The lowest BCUT2D eigenvalue weighted by atomic mass is 10.2. The Morgan fingerprint density at radius 3 is 1.23 bits per heavy atom. The maximum Gasteiger partial charge on any atom is 0.0351 e. The van der Waals surface area contributed by atoms with E-state index in [-0.39, 0.29) is 12.4 Å². The summed E-state index contributed by atoms with van der Waals surface area (Å²) in [6, 6.07) is 2.53. The molecule has 0 saturated heterocycles. The number of nitrogens with zero attached hydrogens (tertiary/aromatic N) is 2. The highest BCUT2D eigenvalue weighted by molar-refractivity contribution is 6.18. The maximum atomic E-state index is 5.64. The van der Waals surface area contributed by atoms with E-state index in [0.717, 1.165) is 25.5 Å². The highest BCUT2D eigenvalue weighted by atomic mass is 35.5. The average molecular weight is 358 g/mol. The van der Waals surface area contributed by atoms with E-state index < -0.39 is 0 Å². The van der Waals surface area contributed by atoms with Crippen molar-refractivity contribution in [1.29, 1.82) is 0 Å². The molecule has 0 atom stereocenters. The Bertz CT molecular complexity index is 206. The second-order valence-corrected chi connectivity index (χ2v) is 7.02. The molecule has 1 N–H and O–H groups in total. The molecule has 0 aliphatic carbocycles. The van der Waals surface area contributed by atoms with E-state index in [2.05, 4.69) is 70.5 Å². The van der Waals surface area contributed by atoms with Gasteiger partial charge in [0, 0.05) is 49.7 Å². The minimum absolute atomic E-state index is 0. The van der Waals surface area contributed by atoms with Crippen LogP contribution in [-0.4, -0.2) is 66.5 Å². The highest BCUT2D eigenvalue weighted by Gasteiger charge is 2.11. The number of nitrogens with one attached hydrogen (secondary N) is 1. The van der Waals surface area contributed by atoms with Crippen molar-refractivity contribution >= 4 is 24.0 Å².